The number of amides is 2. The molecule has 128 valence electrons. The van der Waals surface area contributed by atoms with Crippen LogP contribution in [0.4, 0.5) is 0 Å². The first-order valence-corrected chi connectivity index (χ1v) is 8.46. The lowest BCUT2D eigenvalue weighted by molar-refractivity contribution is -0.435. The molecule has 4 rings (SSSR count). The van der Waals surface area contributed by atoms with E-state index in [1.54, 1.807) is 0 Å². The van der Waals surface area contributed by atoms with Crippen LogP contribution < -0.4 is 0 Å². The Kier molecular flexibility index (Phi) is 3.73. The van der Waals surface area contributed by atoms with Crippen molar-refractivity contribution >= 4 is 11.8 Å². The predicted molar refractivity (Wildman–Crippen MR) is 85.1 cm³/mol. The van der Waals surface area contributed by atoms with E-state index in [1.807, 2.05) is 13.8 Å². The summed E-state index contributed by atoms with van der Waals surface area (Å²) in [5, 5.41) is 0. The molecule has 0 saturated heterocycles. The molecular weight excluding hydrogens is 294 g/mol. The van der Waals surface area contributed by atoms with Gasteiger partial charge in [0.2, 0.25) is 0 Å². The van der Waals surface area contributed by atoms with E-state index in [4.69, 9.17) is 9.78 Å². The smallest absolute Gasteiger partial charge is 0.253 e. The number of hydrogen-bond acceptors (Lipinski definition) is 4. The summed E-state index contributed by atoms with van der Waals surface area (Å²) in [6.45, 7) is 10.6. The van der Waals surface area contributed by atoms with E-state index in [9.17, 15) is 9.59 Å². The largest absolute Gasteiger partial charge is 0.272 e. The highest BCUT2D eigenvalue weighted by atomic mass is 17.2. The van der Waals surface area contributed by atoms with Gasteiger partial charge in [0.05, 0.1) is 6.54 Å². The quantitative estimate of drug-likeness (QED) is 0.444. The molecule has 0 aromatic rings. The van der Waals surface area contributed by atoms with Crippen molar-refractivity contribution in [3.05, 3.63) is 12.2 Å². The van der Waals surface area contributed by atoms with Gasteiger partial charge in [-0.2, -0.15) is 0 Å². The summed E-state index contributed by atoms with van der Waals surface area (Å²) >= 11 is 0. The Morgan fingerprint density at radius 2 is 1.83 bits per heavy atom. The fourth-order valence-electron chi connectivity index (χ4n) is 4.48. The van der Waals surface area contributed by atoms with Crippen molar-refractivity contribution in [2.45, 2.75) is 65.1 Å². The standard InChI is InChI=1S/C18H27NO4/c1-16(2,11-19-14(20)6-7-15(19)21)22-23-18(5)9-8-12-10-13(18)17(12,3)4/h6-7,12-13H,8-11H2,1-5H3. The molecule has 1 heterocycles. The Morgan fingerprint density at radius 3 is 2.35 bits per heavy atom. The Bertz CT molecular complexity index is 545. The van der Waals surface area contributed by atoms with Gasteiger partial charge in [0.25, 0.3) is 11.8 Å². The molecular formula is C18H27NO4. The second-order valence-corrected chi connectivity index (χ2v) is 8.68. The van der Waals surface area contributed by atoms with Gasteiger partial charge in [-0.1, -0.05) is 13.8 Å². The molecule has 2 amide bonds. The van der Waals surface area contributed by atoms with Gasteiger partial charge in [0.1, 0.15) is 11.2 Å². The number of fused-ring (bicyclic) bond motifs is 2. The molecule has 0 spiro atoms. The van der Waals surface area contributed by atoms with Crippen molar-refractivity contribution < 1.29 is 19.4 Å². The highest BCUT2D eigenvalue weighted by Crippen LogP contribution is 2.63. The average Bonchev–Trinajstić information content (AvgIpc) is 2.77. The number of carbonyl (C=O) groups excluding carboxylic acids is 2. The highest BCUT2D eigenvalue weighted by Gasteiger charge is 2.61. The number of imide groups is 1. The SMILES string of the molecule is CC(C)(CN1C(=O)C=CC1=O)OOC1(C)CCC2CC1C2(C)C. The lowest BCUT2D eigenvalue weighted by atomic mass is 9.44. The van der Waals surface area contributed by atoms with E-state index in [1.165, 1.54) is 23.5 Å². The maximum Gasteiger partial charge on any atom is 0.253 e. The van der Waals surface area contributed by atoms with Gasteiger partial charge in [-0.25, -0.2) is 9.78 Å². The maximum absolute atomic E-state index is 11.7. The van der Waals surface area contributed by atoms with E-state index in [0.29, 0.717) is 11.3 Å². The van der Waals surface area contributed by atoms with Gasteiger partial charge < -0.3 is 0 Å². The first-order valence-electron chi connectivity index (χ1n) is 8.46. The maximum atomic E-state index is 11.7. The third-order valence-electron chi connectivity index (χ3n) is 6.09. The molecule has 0 aromatic heterocycles. The summed E-state index contributed by atoms with van der Waals surface area (Å²) in [4.78, 5) is 36.3. The zero-order valence-corrected chi connectivity index (χ0v) is 14.7. The fraction of sp³-hybridized carbons (Fsp3) is 0.778. The molecule has 5 nitrogen and oxygen atoms in total. The molecule has 2 bridgehead atoms. The molecule has 1 aliphatic heterocycles. The minimum absolute atomic E-state index is 0.185. The summed E-state index contributed by atoms with van der Waals surface area (Å²) in [6, 6.07) is 0. The van der Waals surface area contributed by atoms with Crippen molar-refractivity contribution in [3.8, 4) is 0 Å². The average molecular weight is 321 g/mol. The van der Waals surface area contributed by atoms with Gasteiger partial charge >= 0.3 is 0 Å². The lowest BCUT2D eigenvalue weighted by Gasteiger charge is -2.63. The van der Waals surface area contributed by atoms with E-state index in [0.717, 1.165) is 18.8 Å². The topological polar surface area (TPSA) is 55.8 Å². The summed E-state index contributed by atoms with van der Waals surface area (Å²) < 4.78 is 0. The van der Waals surface area contributed by atoms with Crippen LogP contribution in [0.1, 0.15) is 53.9 Å². The molecule has 4 aliphatic rings. The molecule has 3 saturated carbocycles. The van der Waals surface area contributed by atoms with Crippen LogP contribution in [-0.2, 0) is 19.4 Å². The summed E-state index contributed by atoms with van der Waals surface area (Å²) in [5.41, 5.74) is -0.747. The monoisotopic (exact) mass is 321 g/mol. The van der Waals surface area contributed by atoms with Crippen LogP contribution in [0, 0.1) is 17.3 Å². The van der Waals surface area contributed by atoms with Gasteiger partial charge in [0.15, 0.2) is 0 Å². The van der Waals surface area contributed by atoms with Gasteiger partial charge in [-0.3, -0.25) is 14.5 Å². The second-order valence-electron chi connectivity index (χ2n) is 8.68. The van der Waals surface area contributed by atoms with Crippen LogP contribution in [0.3, 0.4) is 0 Å². The number of rotatable bonds is 5. The van der Waals surface area contributed by atoms with Crippen LogP contribution in [0.2, 0.25) is 0 Å². The predicted octanol–water partition coefficient (Wildman–Crippen LogP) is 2.85. The third kappa shape index (κ3) is 2.74. The van der Waals surface area contributed by atoms with Gasteiger partial charge in [-0.05, 0) is 57.3 Å². The van der Waals surface area contributed by atoms with E-state index >= 15 is 0 Å². The van der Waals surface area contributed by atoms with Crippen LogP contribution in [0.5, 0.6) is 0 Å². The Balaban J connectivity index is 1.61. The zero-order valence-electron chi connectivity index (χ0n) is 14.7. The van der Waals surface area contributed by atoms with E-state index in [-0.39, 0.29) is 24.0 Å². The summed E-state index contributed by atoms with van der Waals surface area (Å²) in [6.07, 6.45) is 5.93. The van der Waals surface area contributed by atoms with Crippen LogP contribution >= 0.6 is 0 Å². The van der Waals surface area contributed by atoms with Crippen LogP contribution in [0.15, 0.2) is 12.2 Å². The van der Waals surface area contributed by atoms with Crippen LogP contribution in [-0.4, -0.2) is 34.5 Å². The van der Waals surface area contributed by atoms with Crippen molar-refractivity contribution in [2.75, 3.05) is 6.54 Å². The highest BCUT2D eigenvalue weighted by molar-refractivity contribution is 6.12. The molecule has 0 aromatic carbocycles. The fourth-order valence-corrected chi connectivity index (χ4v) is 4.48. The number of hydrogen-bond donors (Lipinski definition) is 0. The molecule has 3 aliphatic carbocycles. The van der Waals surface area contributed by atoms with E-state index in [2.05, 4.69) is 20.8 Å². The molecule has 23 heavy (non-hydrogen) atoms. The van der Waals surface area contributed by atoms with Crippen molar-refractivity contribution in [2.24, 2.45) is 17.3 Å². The minimum Gasteiger partial charge on any atom is -0.272 e. The molecule has 3 atom stereocenters. The van der Waals surface area contributed by atoms with Gasteiger partial charge in [-0.15, -0.1) is 0 Å². The Morgan fingerprint density at radius 1 is 1.22 bits per heavy atom. The Hall–Kier alpha value is -1.20. The van der Waals surface area contributed by atoms with Crippen LogP contribution in [0.25, 0.3) is 0 Å². The van der Waals surface area contributed by atoms with Crippen molar-refractivity contribution in [1.29, 1.82) is 0 Å². The molecule has 0 radical (unpaired) electrons. The Labute approximate surface area is 137 Å². The third-order valence-corrected chi connectivity index (χ3v) is 6.09. The lowest BCUT2D eigenvalue weighted by Crippen LogP contribution is -2.61. The van der Waals surface area contributed by atoms with Gasteiger partial charge in [0, 0.05) is 12.2 Å². The first-order chi connectivity index (χ1) is 10.6. The first kappa shape index (κ1) is 16.7. The van der Waals surface area contributed by atoms with Crippen molar-refractivity contribution in [1.82, 2.24) is 4.90 Å². The zero-order chi connectivity index (χ0) is 17.0. The molecule has 5 heteroatoms. The number of carbonyl (C=O) groups is 2. The van der Waals surface area contributed by atoms with E-state index < -0.39 is 5.60 Å². The summed E-state index contributed by atoms with van der Waals surface area (Å²) in [7, 11) is 0. The normalized spacial score (nSPS) is 35.6. The molecule has 3 fully saturated rings. The minimum atomic E-state index is -0.745. The molecule has 3 unspecified atom stereocenters. The molecule has 0 N–H and O–H groups in total. The second kappa shape index (κ2) is 5.15. The number of nitrogens with zero attached hydrogens (tertiary/aromatic N) is 1. The summed E-state index contributed by atoms with van der Waals surface area (Å²) in [5.74, 6) is 0.696. The van der Waals surface area contributed by atoms with Crippen molar-refractivity contribution in [3.63, 3.8) is 0 Å².